The van der Waals surface area contributed by atoms with E-state index in [0.717, 1.165) is 17.4 Å². The van der Waals surface area contributed by atoms with Gasteiger partial charge in [-0.3, -0.25) is 4.79 Å². The van der Waals surface area contributed by atoms with E-state index in [2.05, 4.69) is 10.2 Å². The number of thiocarbonyl (C=S) groups is 1. The molecule has 0 aromatic heterocycles. The minimum absolute atomic E-state index is 0.0848. The minimum atomic E-state index is -0.265. The van der Waals surface area contributed by atoms with Crippen molar-refractivity contribution in [2.45, 2.75) is 26.0 Å². The summed E-state index contributed by atoms with van der Waals surface area (Å²) in [6.07, 6.45) is 0. The Morgan fingerprint density at radius 1 is 1.36 bits per heavy atom. The van der Waals surface area contributed by atoms with E-state index in [9.17, 15) is 4.79 Å². The van der Waals surface area contributed by atoms with Gasteiger partial charge in [0.05, 0.1) is 5.25 Å². The van der Waals surface area contributed by atoms with E-state index >= 15 is 0 Å². The number of nitrogens with one attached hydrogen (secondary N) is 1. The zero-order valence-electron chi connectivity index (χ0n) is 12.9. The molecular formula is C15H20N2O3S2. The molecule has 0 saturated heterocycles. The van der Waals surface area contributed by atoms with Crippen molar-refractivity contribution in [3.8, 4) is 11.5 Å². The van der Waals surface area contributed by atoms with Crippen LogP contribution in [0.1, 0.15) is 20.8 Å². The second-order valence-corrected chi connectivity index (χ2v) is 6.73. The fourth-order valence-electron chi connectivity index (χ4n) is 1.98. The molecule has 1 aliphatic rings. The fraction of sp³-hybridized carbons (Fsp3) is 0.467. The van der Waals surface area contributed by atoms with Gasteiger partial charge < -0.3 is 19.7 Å². The predicted molar refractivity (Wildman–Crippen MR) is 93.8 cm³/mol. The summed E-state index contributed by atoms with van der Waals surface area (Å²) in [5.74, 6) is 1.26. The minimum Gasteiger partial charge on any atom is -0.454 e. The number of amides is 1. The molecule has 1 aliphatic heterocycles. The Kier molecular flexibility index (Phi) is 5.90. The average molecular weight is 340 g/mol. The van der Waals surface area contributed by atoms with E-state index < -0.39 is 0 Å². The highest BCUT2D eigenvalue weighted by Crippen LogP contribution is 2.34. The van der Waals surface area contributed by atoms with Crippen molar-refractivity contribution in [1.82, 2.24) is 4.90 Å². The van der Waals surface area contributed by atoms with E-state index in [1.54, 1.807) is 18.2 Å². The number of carbonyl (C=O) groups excluding carboxylic acids is 1. The number of fused-ring (bicyclic) bond motifs is 1. The molecule has 0 unspecified atom stereocenters. The molecule has 2 rings (SSSR count). The number of thioether (sulfide) groups is 1. The topological polar surface area (TPSA) is 50.8 Å². The molecule has 1 atom stereocenters. The van der Waals surface area contributed by atoms with Gasteiger partial charge in [0, 0.05) is 24.8 Å². The summed E-state index contributed by atoms with van der Waals surface area (Å²) in [6, 6.07) is 5.35. The average Bonchev–Trinajstić information content (AvgIpc) is 2.95. The highest BCUT2D eigenvalue weighted by Gasteiger charge is 2.19. The summed E-state index contributed by atoms with van der Waals surface area (Å²) >= 11 is 6.77. The lowest BCUT2D eigenvalue weighted by molar-refractivity contribution is -0.115. The molecule has 0 radical (unpaired) electrons. The van der Waals surface area contributed by atoms with Crippen LogP contribution in [0.2, 0.25) is 0 Å². The van der Waals surface area contributed by atoms with Crippen molar-refractivity contribution < 1.29 is 14.3 Å². The molecule has 1 N–H and O–H groups in total. The Morgan fingerprint density at radius 2 is 2.05 bits per heavy atom. The Morgan fingerprint density at radius 3 is 2.73 bits per heavy atom. The first-order chi connectivity index (χ1) is 10.5. The van der Waals surface area contributed by atoms with Crippen molar-refractivity contribution in [3.63, 3.8) is 0 Å². The summed E-state index contributed by atoms with van der Waals surface area (Å²) in [7, 11) is 0. The molecule has 1 aromatic rings. The van der Waals surface area contributed by atoms with Crippen molar-refractivity contribution in [2.24, 2.45) is 0 Å². The van der Waals surface area contributed by atoms with Gasteiger partial charge in [-0.05, 0) is 32.9 Å². The van der Waals surface area contributed by atoms with Gasteiger partial charge in [-0.15, -0.1) is 0 Å². The van der Waals surface area contributed by atoms with Crippen LogP contribution in [0.4, 0.5) is 5.69 Å². The van der Waals surface area contributed by atoms with E-state index in [-0.39, 0.29) is 18.0 Å². The first-order valence-corrected chi connectivity index (χ1v) is 8.50. The maximum absolute atomic E-state index is 12.3. The Labute approximate surface area is 140 Å². The van der Waals surface area contributed by atoms with Gasteiger partial charge in [0.15, 0.2) is 11.5 Å². The summed E-state index contributed by atoms with van der Waals surface area (Å²) in [4.78, 5) is 14.3. The maximum Gasteiger partial charge on any atom is 0.237 e. The third-order valence-corrected chi connectivity index (χ3v) is 4.88. The van der Waals surface area contributed by atoms with Crippen LogP contribution in [0.15, 0.2) is 18.2 Å². The van der Waals surface area contributed by atoms with Crippen LogP contribution in [-0.2, 0) is 4.79 Å². The van der Waals surface area contributed by atoms with E-state index in [1.165, 1.54) is 11.8 Å². The molecular weight excluding hydrogens is 320 g/mol. The Hall–Kier alpha value is -1.47. The van der Waals surface area contributed by atoms with E-state index in [4.69, 9.17) is 21.7 Å². The molecule has 0 saturated carbocycles. The van der Waals surface area contributed by atoms with Gasteiger partial charge in [-0.2, -0.15) is 0 Å². The molecule has 7 heteroatoms. The summed E-state index contributed by atoms with van der Waals surface area (Å²) in [5, 5.41) is 2.61. The summed E-state index contributed by atoms with van der Waals surface area (Å²) in [5.41, 5.74) is 0.690. The van der Waals surface area contributed by atoms with Crippen LogP contribution in [0.5, 0.6) is 11.5 Å². The van der Waals surface area contributed by atoms with Crippen LogP contribution in [0.3, 0.4) is 0 Å². The van der Waals surface area contributed by atoms with Crippen molar-refractivity contribution >= 4 is 39.9 Å². The lowest BCUT2D eigenvalue weighted by Gasteiger charge is -2.22. The highest BCUT2D eigenvalue weighted by atomic mass is 32.2. The fourth-order valence-corrected chi connectivity index (χ4v) is 3.55. The molecule has 0 aliphatic carbocycles. The summed E-state index contributed by atoms with van der Waals surface area (Å²) in [6.45, 7) is 7.86. The number of carbonyl (C=O) groups is 1. The Bertz CT molecular complexity index is 562. The number of anilines is 1. The molecule has 5 nitrogen and oxygen atoms in total. The van der Waals surface area contributed by atoms with Gasteiger partial charge in [-0.25, -0.2) is 0 Å². The van der Waals surface area contributed by atoms with Crippen molar-refractivity contribution in [1.29, 1.82) is 0 Å². The van der Waals surface area contributed by atoms with Crippen molar-refractivity contribution in [3.05, 3.63) is 18.2 Å². The first kappa shape index (κ1) is 16.9. The molecule has 120 valence electrons. The number of benzene rings is 1. The summed E-state index contributed by atoms with van der Waals surface area (Å²) < 4.78 is 11.3. The van der Waals surface area contributed by atoms with Crippen LogP contribution >= 0.6 is 24.0 Å². The first-order valence-electron chi connectivity index (χ1n) is 7.21. The van der Waals surface area contributed by atoms with Gasteiger partial charge in [0.2, 0.25) is 12.7 Å². The van der Waals surface area contributed by atoms with Crippen molar-refractivity contribution in [2.75, 3.05) is 25.2 Å². The number of rotatable bonds is 5. The lowest BCUT2D eigenvalue weighted by atomic mass is 10.2. The zero-order valence-corrected chi connectivity index (χ0v) is 14.6. The predicted octanol–water partition coefficient (Wildman–Crippen LogP) is 3.10. The highest BCUT2D eigenvalue weighted by molar-refractivity contribution is 8.23. The van der Waals surface area contributed by atoms with Gasteiger partial charge >= 0.3 is 0 Å². The van der Waals surface area contributed by atoms with Gasteiger partial charge in [-0.1, -0.05) is 24.0 Å². The SMILES string of the molecule is CCN(CC)C(=S)S[C@H](C)C(=O)Nc1ccc2c(c1)OCO2. The zero-order chi connectivity index (χ0) is 16.1. The normalized spacial score (nSPS) is 13.6. The van der Waals surface area contributed by atoms with Crippen LogP contribution in [0, 0.1) is 0 Å². The lowest BCUT2D eigenvalue weighted by Crippen LogP contribution is -2.31. The molecule has 0 fully saturated rings. The van der Waals surface area contributed by atoms with Crippen LogP contribution in [0.25, 0.3) is 0 Å². The quantitative estimate of drug-likeness (QED) is 0.831. The monoisotopic (exact) mass is 340 g/mol. The molecule has 1 heterocycles. The second kappa shape index (κ2) is 7.69. The number of ether oxygens (including phenoxy) is 2. The van der Waals surface area contributed by atoms with Gasteiger partial charge in [0.1, 0.15) is 4.32 Å². The maximum atomic E-state index is 12.3. The Balaban J connectivity index is 1.92. The number of hydrogen-bond donors (Lipinski definition) is 1. The standard InChI is InChI=1S/C15H20N2O3S2/c1-4-17(5-2)15(21)22-10(3)14(18)16-11-6-7-12-13(8-11)20-9-19-12/h6-8,10H,4-5,9H2,1-3H3,(H,16,18)/t10-/m1/s1. The van der Waals surface area contributed by atoms with E-state index in [0.29, 0.717) is 17.2 Å². The number of hydrogen-bond acceptors (Lipinski definition) is 5. The molecule has 1 aromatic carbocycles. The second-order valence-electron chi connectivity index (χ2n) is 4.76. The molecule has 0 bridgehead atoms. The van der Waals surface area contributed by atoms with Crippen LogP contribution < -0.4 is 14.8 Å². The third-order valence-electron chi connectivity index (χ3n) is 3.31. The molecule has 0 spiro atoms. The molecule has 22 heavy (non-hydrogen) atoms. The van der Waals surface area contributed by atoms with Crippen LogP contribution in [-0.4, -0.2) is 40.3 Å². The smallest absolute Gasteiger partial charge is 0.237 e. The van der Waals surface area contributed by atoms with E-state index in [1.807, 2.05) is 20.8 Å². The number of nitrogens with zero attached hydrogens (tertiary/aromatic N) is 1. The van der Waals surface area contributed by atoms with Gasteiger partial charge in [0.25, 0.3) is 0 Å². The largest absolute Gasteiger partial charge is 0.454 e. The molecule has 1 amide bonds. The third kappa shape index (κ3) is 4.04.